The first-order valence-electron chi connectivity index (χ1n) is 5.78. The van der Waals surface area contributed by atoms with Crippen LogP contribution < -0.4 is 5.73 Å². The number of nitrogens with two attached hydrogens (primary N) is 1. The molecular formula is C13H21BrN2S. The lowest BCUT2D eigenvalue weighted by molar-refractivity contribution is 0.244. The summed E-state index contributed by atoms with van der Waals surface area (Å²) in [4.78, 5) is 2.37. The number of nitrogens with zero attached hydrogens (tertiary/aromatic N) is 1. The van der Waals surface area contributed by atoms with Crippen molar-refractivity contribution in [2.75, 3.05) is 24.8 Å². The minimum Gasteiger partial charge on any atom is -0.398 e. The third-order valence-electron chi connectivity index (χ3n) is 3.02. The summed E-state index contributed by atoms with van der Waals surface area (Å²) in [5.74, 6) is 1.21. The molecular weight excluding hydrogens is 296 g/mol. The number of benzene rings is 1. The van der Waals surface area contributed by atoms with Crippen LogP contribution in [-0.4, -0.2) is 30.0 Å². The van der Waals surface area contributed by atoms with Crippen LogP contribution in [0.15, 0.2) is 22.7 Å². The minimum absolute atomic E-state index is 0.593. The van der Waals surface area contributed by atoms with Crippen molar-refractivity contribution in [3.05, 3.63) is 28.2 Å². The molecule has 1 aromatic carbocycles. The van der Waals surface area contributed by atoms with Crippen molar-refractivity contribution in [3.8, 4) is 0 Å². The summed E-state index contributed by atoms with van der Waals surface area (Å²) in [5, 5.41) is 0. The highest BCUT2D eigenvalue weighted by molar-refractivity contribution is 9.10. The molecule has 0 aliphatic carbocycles. The molecule has 2 nitrogen and oxygen atoms in total. The molecule has 0 fully saturated rings. The highest BCUT2D eigenvalue weighted by Gasteiger charge is 2.11. The molecule has 2 N–H and O–H groups in total. The Kier molecular flexibility index (Phi) is 6.38. The molecule has 1 rings (SSSR count). The molecule has 0 aromatic heterocycles. The number of hydrogen-bond donors (Lipinski definition) is 1. The molecule has 0 aliphatic heterocycles. The van der Waals surface area contributed by atoms with Crippen molar-refractivity contribution in [1.82, 2.24) is 4.90 Å². The number of halogens is 1. The SMILES string of the molecule is CSCCC(C)N(C)Cc1cccc(N)c1Br. The monoisotopic (exact) mass is 316 g/mol. The summed E-state index contributed by atoms with van der Waals surface area (Å²) in [6.45, 7) is 3.21. The average molecular weight is 317 g/mol. The minimum atomic E-state index is 0.593. The quantitative estimate of drug-likeness (QED) is 0.813. The van der Waals surface area contributed by atoms with E-state index in [1.165, 1.54) is 17.7 Å². The van der Waals surface area contributed by atoms with E-state index in [0.717, 1.165) is 16.7 Å². The van der Waals surface area contributed by atoms with Gasteiger partial charge in [0.1, 0.15) is 0 Å². The summed E-state index contributed by atoms with van der Waals surface area (Å²) in [7, 11) is 2.17. The van der Waals surface area contributed by atoms with Crippen LogP contribution in [0, 0.1) is 0 Å². The summed E-state index contributed by atoms with van der Waals surface area (Å²) in [6, 6.07) is 6.65. The van der Waals surface area contributed by atoms with Gasteiger partial charge in [-0.2, -0.15) is 11.8 Å². The molecule has 0 radical (unpaired) electrons. The Bertz CT molecular complexity index is 357. The number of rotatable bonds is 6. The maximum atomic E-state index is 5.88. The summed E-state index contributed by atoms with van der Waals surface area (Å²) < 4.78 is 1.03. The van der Waals surface area contributed by atoms with E-state index in [4.69, 9.17) is 5.73 Å². The van der Waals surface area contributed by atoms with Gasteiger partial charge in [-0.05, 0) is 60.0 Å². The first-order valence-corrected chi connectivity index (χ1v) is 7.97. The molecule has 1 unspecified atom stereocenters. The second-order valence-corrected chi connectivity index (χ2v) is 6.14. The lowest BCUT2D eigenvalue weighted by atomic mass is 10.1. The number of anilines is 1. The zero-order chi connectivity index (χ0) is 12.8. The molecule has 0 saturated heterocycles. The van der Waals surface area contributed by atoms with Crippen LogP contribution in [0.2, 0.25) is 0 Å². The van der Waals surface area contributed by atoms with Crippen LogP contribution in [0.1, 0.15) is 18.9 Å². The van der Waals surface area contributed by atoms with Crippen LogP contribution in [0.5, 0.6) is 0 Å². The summed E-state index contributed by atoms with van der Waals surface area (Å²) in [5.41, 5.74) is 7.95. The lowest BCUT2D eigenvalue weighted by Crippen LogP contribution is -2.29. The fourth-order valence-corrected chi connectivity index (χ4v) is 2.62. The van der Waals surface area contributed by atoms with E-state index < -0.39 is 0 Å². The van der Waals surface area contributed by atoms with Gasteiger partial charge in [0.15, 0.2) is 0 Å². The van der Waals surface area contributed by atoms with E-state index in [-0.39, 0.29) is 0 Å². The van der Waals surface area contributed by atoms with Crippen molar-refractivity contribution in [2.24, 2.45) is 0 Å². The fourth-order valence-electron chi connectivity index (χ4n) is 1.66. The average Bonchev–Trinajstić information content (AvgIpc) is 2.31. The van der Waals surface area contributed by atoms with Crippen LogP contribution in [0.4, 0.5) is 5.69 Å². The second kappa shape index (κ2) is 7.29. The van der Waals surface area contributed by atoms with Gasteiger partial charge in [-0.15, -0.1) is 0 Å². The molecule has 0 amide bonds. The predicted octanol–water partition coefficient (Wildman–Crippen LogP) is 3.60. The third-order valence-corrected chi connectivity index (χ3v) is 4.63. The van der Waals surface area contributed by atoms with E-state index in [9.17, 15) is 0 Å². The lowest BCUT2D eigenvalue weighted by Gasteiger charge is -2.25. The van der Waals surface area contributed by atoms with E-state index >= 15 is 0 Å². The molecule has 96 valence electrons. The predicted molar refractivity (Wildman–Crippen MR) is 82.5 cm³/mol. The van der Waals surface area contributed by atoms with E-state index in [1.807, 2.05) is 23.9 Å². The van der Waals surface area contributed by atoms with Gasteiger partial charge in [0.25, 0.3) is 0 Å². The Balaban J connectivity index is 2.61. The van der Waals surface area contributed by atoms with Crippen molar-refractivity contribution < 1.29 is 0 Å². The number of nitrogen functional groups attached to an aromatic ring is 1. The van der Waals surface area contributed by atoms with Gasteiger partial charge in [-0.25, -0.2) is 0 Å². The normalized spacial score (nSPS) is 13.0. The second-order valence-electron chi connectivity index (χ2n) is 4.37. The van der Waals surface area contributed by atoms with Gasteiger partial charge >= 0.3 is 0 Å². The molecule has 17 heavy (non-hydrogen) atoms. The maximum absolute atomic E-state index is 5.88. The largest absolute Gasteiger partial charge is 0.398 e. The van der Waals surface area contributed by atoms with Gasteiger partial charge in [-0.3, -0.25) is 4.90 Å². The Morgan fingerprint density at radius 1 is 1.47 bits per heavy atom. The van der Waals surface area contributed by atoms with Gasteiger partial charge < -0.3 is 5.73 Å². The van der Waals surface area contributed by atoms with Crippen LogP contribution in [0.3, 0.4) is 0 Å². The highest BCUT2D eigenvalue weighted by Crippen LogP contribution is 2.25. The number of hydrogen-bond acceptors (Lipinski definition) is 3. The van der Waals surface area contributed by atoms with E-state index in [1.54, 1.807) is 0 Å². The Hall–Kier alpha value is -0.190. The van der Waals surface area contributed by atoms with Gasteiger partial charge in [0.05, 0.1) is 0 Å². The molecule has 0 saturated carbocycles. The zero-order valence-electron chi connectivity index (χ0n) is 10.7. The molecule has 0 heterocycles. The first-order chi connectivity index (χ1) is 8.06. The van der Waals surface area contributed by atoms with Gasteiger partial charge in [-0.1, -0.05) is 12.1 Å². The van der Waals surface area contributed by atoms with Crippen molar-refractivity contribution >= 4 is 33.4 Å². The van der Waals surface area contributed by atoms with E-state index in [2.05, 4.69) is 47.1 Å². The smallest absolute Gasteiger partial charge is 0.0461 e. The fraction of sp³-hybridized carbons (Fsp3) is 0.538. The van der Waals surface area contributed by atoms with Crippen molar-refractivity contribution in [2.45, 2.75) is 25.9 Å². The van der Waals surface area contributed by atoms with Gasteiger partial charge in [0.2, 0.25) is 0 Å². The third kappa shape index (κ3) is 4.53. The van der Waals surface area contributed by atoms with Crippen molar-refractivity contribution in [1.29, 1.82) is 0 Å². The molecule has 4 heteroatoms. The topological polar surface area (TPSA) is 29.3 Å². The first kappa shape index (κ1) is 14.9. The maximum Gasteiger partial charge on any atom is 0.0461 e. The van der Waals surface area contributed by atoms with E-state index in [0.29, 0.717) is 6.04 Å². The summed E-state index contributed by atoms with van der Waals surface area (Å²) in [6.07, 6.45) is 3.37. The van der Waals surface area contributed by atoms with Crippen LogP contribution in [-0.2, 0) is 6.54 Å². The van der Waals surface area contributed by atoms with Crippen molar-refractivity contribution in [3.63, 3.8) is 0 Å². The Labute approximate surface area is 117 Å². The molecule has 0 spiro atoms. The van der Waals surface area contributed by atoms with Gasteiger partial charge in [0, 0.05) is 22.7 Å². The van der Waals surface area contributed by atoms with Crippen LogP contribution >= 0.6 is 27.7 Å². The number of thioether (sulfide) groups is 1. The molecule has 0 aliphatic rings. The molecule has 1 atom stereocenters. The molecule has 0 bridgehead atoms. The Morgan fingerprint density at radius 2 is 2.18 bits per heavy atom. The summed E-state index contributed by atoms with van der Waals surface area (Å²) >= 11 is 5.46. The zero-order valence-corrected chi connectivity index (χ0v) is 13.1. The molecule has 1 aromatic rings. The highest BCUT2D eigenvalue weighted by atomic mass is 79.9. The van der Waals surface area contributed by atoms with Crippen LogP contribution in [0.25, 0.3) is 0 Å². The standard InChI is InChI=1S/C13H21BrN2S/c1-10(7-8-17-3)16(2)9-11-5-4-6-12(15)13(11)14/h4-6,10H,7-9,15H2,1-3H3. The Morgan fingerprint density at radius 3 is 2.82 bits per heavy atom.